The van der Waals surface area contributed by atoms with Crippen molar-refractivity contribution in [1.82, 2.24) is 4.40 Å². The summed E-state index contributed by atoms with van der Waals surface area (Å²) in [5.74, 6) is 0.0254. The Morgan fingerprint density at radius 1 is 1.45 bits per heavy atom. The van der Waals surface area contributed by atoms with Crippen LogP contribution in [0.25, 0.3) is 4.83 Å². The van der Waals surface area contributed by atoms with Gasteiger partial charge in [-0.2, -0.15) is 0 Å². The summed E-state index contributed by atoms with van der Waals surface area (Å²) in [7, 11) is 0. The molecule has 0 saturated heterocycles. The fourth-order valence-corrected chi connectivity index (χ4v) is 1.72. The number of hydrogen-bond acceptors (Lipinski definition) is 3. The average molecular weight is 167 g/mol. The van der Waals surface area contributed by atoms with Crippen LogP contribution in [-0.4, -0.2) is 9.51 Å². The predicted octanol–water partition coefficient (Wildman–Crippen LogP) is 1.07. The molecule has 2 aromatic heterocycles. The first-order chi connectivity index (χ1) is 5.27. The van der Waals surface area contributed by atoms with E-state index in [-0.39, 0.29) is 11.3 Å². The van der Waals surface area contributed by atoms with Gasteiger partial charge in [-0.3, -0.25) is 9.20 Å². The summed E-state index contributed by atoms with van der Waals surface area (Å²) < 4.78 is 1.49. The first kappa shape index (κ1) is 6.42. The molecule has 3 nitrogen and oxygen atoms in total. The smallest absolute Gasteiger partial charge is 0.259 e. The third-order valence-corrected chi connectivity index (χ3v) is 2.23. The van der Waals surface area contributed by atoms with Crippen molar-refractivity contribution >= 4 is 16.2 Å². The van der Waals surface area contributed by atoms with E-state index in [0.717, 1.165) is 4.83 Å². The Kier molecular flexibility index (Phi) is 1.22. The summed E-state index contributed by atoms with van der Waals surface area (Å²) >= 11 is 1.42. The molecule has 1 N–H and O–H groups in total. The molecule has 2 heterocycles. The minimum atomic E-state index is -0.193. The van der Waals surface area contributed by atoms with Crippen LogP contribution in [0.2, 0.25) is 0 Å². The van der Waals surface area contributed by atoms with Crippen molar-refractivity contribution in [3.8, 4) is 5.75 Å². The first-order valence-corrected chi connectivity index (χ1v) is 3.94. The van der Waals surface area contributed by atoms with Gasteiger partial charge < -0.3 is 5.11 Å². The molecule has 56 valence electrons. The SMILES string of the molecule is O=c1cc(O)cc2sccn12. The number of pyridine rings is 1. The van der Waals surface area contributed by atoms with Gasteiger partial charge in [0.05, 0.1) is 0 Å². The first-order valence-electron chi connectivity index (χ1n) is 3.06. The maximum absolute atomic E-state index is 11.1. The third kappa shape index (κ3) is 0.914. The Hall–Kier alpha value is -1.29. The van der Waals surface area contributed by atoms with Gasteiger partial charge in [0.2, 0.25) is 0 Å². The van der Waals surface area contributed by atoms with Crippen molar-refractivity contribution in [2.24, 2.45) is 0 Å². The van der Waals surface area contributed by atoms with Crippen LogP contribution in [0.15, 0.2) is 28.5 Å². The molecule has 0 fully saturated rings. The summed E-state index contributed by atoms with van der Waals surface area (Å²) in [5.41, 5.74) is -0.193. The normalized spacial score (nSPS) is 10.5. The molecule has 0 radical (unpaired) electrons. The van der Waals surface area contributed by atoms with E-state index in [1.165, 1.54) is 21.8 Å². The van der Waals surface area contributed by atoms with Crippen molar-refractivity contribution in [3.05, 3.63) is 34.1 Å². The van der Waals surface area contributed by atoms with E-state index in [9.17, 15) is 4.79 Å². The molecule has 2 aromatic rings. The standard InChI is InChI=1S/C7H5NO2S/c9-5-3-6(10)8-1-2-11-7(8)4-5/h1-4,9H. The zero-order valence-electron chi connectivity index (χ0n) is 5.52. The Morgan fingerprint density at radius 2 is 2.27 bits per heavy atom. The second-order valence-corrected chi connectivity index (χ2v) is 3.09. The summed E-state index contributed by atoms with van der Waals surface area (Å²) in [4.78, 5) is 11.8. The van der Waals surface area contributed by atoms with E-state index in [2.05, 4.69) is 0 Å². The highest BCUT2D eigenvalue weighted by atomic mass is 32.1. The van der Waals surface area contributed by atoms with E-state index >= 15 is 0 Å². The van der Waals surface area contributed by atoms with Crippen LogP contribution < -0.4 is 5.56 Å². The van der Waals surface area contributed by atoms with E-state index in [1.54, 1.807) is 17.6 Å². The molecule has 0 spiro atoms. The van der Waals surface area contributed by atoms with E-state index < -0.39 is 0 Å². The van der Waals surface area contributed by atoms with Crippen molar-refractivity contribution in [3.63, 3.8) is 0 Å². The third-order valence-electron chi connectivity index (χ3n) is 1.42. The highest BCUT2D eigenvalue weighted by Gasteiger charge is 1.97. The largest absolute Gasteiger partial charge is 0.508 e. The molecule has 0 unspecified atom stereocenters. The predicted molar refractivity (Wildman–Crippen MR) is 43.2 cm³/mol. The van der Waals surface area contributed by atoms with Crippen LogP contribution >= 0.6 is 11.3 Å². The van der Waals surface area contributed by atoms with Gasteiger partial charge in [0.1, 0.15) is 10.6 Å². The Labute approximate surface area is 66.2 Å². The van der Waals surface area contributed by atoms with Gasteiger partial charge in [-0.25, -0.2) is 0 Å². The summed E-state index contributed by atoms with van der Waals surface area (Å²) in [6, 6.07) is 2.76. The maximum atomic E-state index is 11.1. The van der Waals surface area contributed by atoms with Crippen molar-refractivity contribution < 1.29 is 5.11 Å². The molecule has 4 heteroatoms. The van der Waals surface area contributed by atoms with Crippen LogP contribution in [0.3, 0.4) is 0 Å². The van der Waals surface area contributed by atoms with E-state index in [1.807, 2.05) is 0 Å². The molecule has 0 aliphatic carbocycles. The lowest BCUT2D eigenvalue weighted by Gasteiger charge is -1.91. The number of thiazole rings is 1. The Balaban J connectivity index is 3.02. The van der Waals surface area contributed by atoms with Gasteiger partial charge in [-0.05, 0) is 0 Å². The summed E-state index contributed by atoms with van der Waals surface area (Å²) in [6.45, 7) is 0. The fraction of sp³-hybridized carbons (Fsp3) is 0. The monoisotopic (exact) mass is 167 g/mol. The lowest BCUT2D eigenvalue weighted by molar-refractivity contribution is 0.474. The molecule has 0 aromatic carbocycles. The van der Waals surface area contributed by atoms with Crippen LogP contribution in [-0.2, 0) is 0 Å². The van der Waals surface area contributed by atoms with Crippen LogP contribution in [0.4, 0.5) is 0 Å². The molecule has 0 saturated carbocycles. The molecular formula is C7H5NO2S. The minimum absolute atomic E-state index is 0.0254. The quantitative estimate of drug-likeness (QED) is 0.637. The zero-order valence-corrected chi connectivity index (χ0v) is 6.34. The number of nitrogens with zero attached hydrogens (tertiary/aromatic N) is 1. The van der Waals surface area contributed by atoms with Gasteiger partial charge in [-0.1, -0.05) is 0 Å². The van der Waals surface area contributed by atoms with Crippen LogP contribution in [0.5, 0.6) is 5.75 Å². The average Bonchev–Trinajstić information content (AvgIpc) is 2.34. The molecule has 0 aliphatic rings. The molecule has 0 amide bonds. The topological polar surface area (TPSA) is 41.7 Å². The molecule has 0 aliphatic heterocycles. The molecule has 0 bridgehead atoms. The van der Waals surface area contributed by atoms with Crippen LogP contribution in [0.1, 0.15) is 0 Å². The summed E-state index contributed by atoms with van der Waals surface area (Å²) in [5, 5.41) is 10.8. The molecule has 11 heavy (non-hydrogen) atoms. The maximum Gasteiger partial charge on any atom is 0.259 e. The second kappa shape index (κ2) is 2.10. The highest BCUT2D eigenvalue weighted by molar-refractivity contribution is 7.15. The summed E-state index contributed by atoms with van der Waals surface area (Å²) in [6.07, 6.45) is 1.68. The fourth-order valence-electron chi connectivity index (χ4n) is 0.941. The lowest BCUT2D eigenvalue weighted by atomic mass is 10.4. The number of aromatic hydroxyl groups is 1. The van der Waals surface area contributed by atoms with Gasteiger partial charge in [0.25, 0.3) is 5.56 Å². The van der Waals surface area contributed by atoms with Crippen molar-refractivity contribution in [2.45, 2.75) is 0 Å². The van der Waals surface area contributed by atoms with Crippen molar-refractivity contribution in [1.29, 1.82) is 0 Å². The molecule has 2 rings (SSSR count). The van der Waals surface area contributed by atoms with Gasteiger partial charge >= 0.3 is 0 Å². The lowest BCUT2D eigenvalue weighted by Crippen LogP contribution is -2.07. The number of fused-ring (bicyclic) bond motifs is 1. The van der Waals surface area contributed by atoms with E-state index in [4.69, 9.17) is 5.11 Å². The highest BCUT2D eigenvalue weighted by Crippen LogP contribution is 2.13. The number of hydrogen-bond donors (Lipinski definition) is 1. The minimum Gasteiger partial charge on any atom is -0.508 e. The Bertz CT molecular complexity index is 443. The number of rotatable bonds is 0. The second-order valence-electron chi connectivity index (χ2n) is 2.16. The van der Waals surface area contributed by atoms with Gasteiger partial charge in [0, 0.05) is 23.7 Å². The zero-order chi connectivity index (χ0) is 7.84. The van der Waals surface area contributed by atoms with Crippen LogP contribution in [0, 0.1) is 0 Å². The molecular weight excluding hydrogens is 162 g/mol. The number of aromatic nitrogens is 1. The van der Waals surface area contributed by atoms with Gasteiger partial charge in [0.15, 0.2) is 0 Å². The van der Waals surface area contributed by atoms with Crippen molar-refractivity contribution in [2.75, 3.05) is 0 Å². The van der Waals surface area contributed by atoms with E-state index in [0.29, 0.717) is 0 Å². The Morgan fingerprint density at radius 3 is 3.09 bits per heavy atom. The van der Waals surface area contributed by atoms with Gasteiger partial charge in [-0.15, -0.1) is 11.3 Å². The molecule has 0 atom stereocenters.